The smallest absolute Gasteiger partial charge is 0.251 e. The lowest BCUT2D eigenvalue weighted by atomic mass is 10.1. The van der Waals surface area contributed by atoms with E-state index in [1.165, 1.54) is 17.0 Å². The number of aromatic nitrogens is 1. The quantitative estimate of drug-likeness (QED) is 0.678. The lowest BCUT2D eigenvalue weighted by Gasteiger charge is -2.20. The van der Waals surface area contributed by atoms with Crippen molar-refractivity contribution >= 4 is 44.8 Å². The molecule has 0 saturated carbocycles. The largest absolute Gasteiger partial charge is 0.372 e. The van der Waals surface area contributed by atoms with Crippen molar-refractivity contribution in [1.29, 1.82) is 0 Å². The molecular weight excluding hydrogens is 330 g/mol. The Hall–Kier alpha value is -2.66. The molecule has 0 unspecified atom stereocenters. The molecule has 0 fully saturated rings. The summed E-state index contributed by atoms with van der Waals surface area (Å²) in [6.45, 7) is 6.19. The van der Waals surface area contributed by atoms with E-state index >= 15 is 0 Å². The van der Waals surface area contributed by atoms with Crippen LogP contribution in [0, 0.1) is 0 Å². The van der Waals surface area contributed by atoms with E-state index in [1.807, 2.05) is 42.5 Å². The number of anilines is 1. The van der Waals surface area contributed by atoms with Gasteiger partial charge in [0.05, 0.1) is 15.8 Å². The molecule has 0 aliphatic rings. The summed E-state index contributed by atoms with van der Waals surface area (Å²) in [5.74, 6) is -0.466. The second-order valence-corrected chi connectivity index (χ2v) is 6.70. The van der Waals surface area contributed by atoms with Crippen LogP contribution in [0.2, 0.25) is 0 Å². The van der Waals surface area contributed by atoms with Gasteiger partial charge in [0.25, 0.3) is 5.91 Å². The van der Waals surface area contributed by atoms with Crippen LogP contribution in [0.3, 0.4) is 0 Å². The number of nitrogens with zero attached hydrogens (tertiary/aromatic N) is 2. The van der Waals surface area contributed by atoms with Crippen LogP contribution in [0.4, 0.5) is 5.69 Å². The van der Waals surface area contributed by atoms with Gasteiger partial charge in [-0.2, -0.15) is 0 Å². The van der Waals surface area contributed by atoms with Gasteiger partial charge in [0.1, 0.15) is 5.01 Å². The van der Waals surface area contributed by atoms with Crippen LogP contribution in [-0.2, 0) is 4.79 Å². The second-order valence-electron chi connectivity index (χ2n) is 5.67. The summed E-state index contributed by atoms with van der Waals surface area (Å²) < 4.78 is 1.04. The number of carbonyl (C=O) groups excluding carboxylic acids is 1. The predicted molar refractivity (Wildman–Crippen MR) is 107 cm³/mol. The number of hydrogen-bond donors (Lipinski definition) is 1. The van der Waals surface area contributed by atoms with Gasteiger partial charge in [-0.1, -0.05) is 24.3 Å². The Morgan fingerprint density at radius 3 is 2.40 bits per heavy atom. The minimum atomic E-state index is -0.466. The molecule has 0 atom stereocenters. The fourth-order valence-corrected chi connectivity index (χ4v) is 3.75. The highest BCUT2D eigenvalue weighted by molar-refractivity contribution is 7.19. The SMILES string of the molecule is CCN(CC)c1ccc(C=C(C(N)=O)c2nc3ccccc3s2)cc1. The van der Waals surface area contributed by atoms with Crippen LogP contribution in [0.5, 0.6) is 0 Å². The van der Waals surface area contributed by atoms with Gasteiger partial charge in [-0.25, -0.2) is 4.98 Å². The number of hydrogen-bond acceptors (Lipinski definition) is 4. The van der Waals surface area contributed by atoms with Gasteiger partial charge in [0.2, 0.25) is 0 Å². The van der Waals surface area contributed by atoms with Gasteiger partial charge in [-0.3, -0.25) is 4.79 Å². The first kappa shape index (κ1) is 17.2. The lowest BCUT2D eigenvalue weighted by molar-refractivity contribution is -0.112. The topological polar surface area (TPSA) is 59.2 Å². The summed E-state index contributed by atoms with van der Waals surface area (Å²) in [6.07, 6.45) is 1.81. The molecule has 4 nitrogen and oxygen atoms in total. The monoisotopic (exact) mass is 351 g/mol. The molecule has 0 spiro atoms. The first-order valence-corrected chi connectivity index (χ1v) is 9.16. The van der Waals surface area contributed by atoms with Crippen molar-refractivity contribution in [2.75, 3.05) is 18.0 Å². The number of thiazole rings is 1. The molecule has 1 aromatic heterocycles. The number of fused-ring (bicyclic) bond motifs is 1. The molecule has 0 bridgehead atoms. The third-order valence-electron chi connectivity index (χ3n) is 4.12. The first-order chi connectivity index (χ1) is 12.1. The van der Waals surface area contributed by atoms with E-state index in [4.69, 9.17) is 5.73 Å². The van der Waals surface area contributed by atoms with Crippen LogP contribution in [0.15, 0.2) is 48.5 Å². The van der Waals surface area contributed by atoms with Crippen molar-refractivity contribution in [1.82, 2.24) is 4.98 Å². The van der Waals surface area contributed by atoms with Gasteiger partial charge >= 0.3 is 0 Å². The maximum atomic E-state index is 12.0. The zero-order chi connectivity index (χ0) is 17.8. The van der Waals surface area contributed by atoms with Crippen molar-refractivity contribution in [3.05, 3.63) is 59.1 Å². The molecular formula is C20H21N3OS. The standard InChI is InChI=1S/C20H21N3OS/c1-3-23(4-2)15-11-9-14(10-12-15)13-16(19(21)24)20-22-17-7-5-6-8-18(17)25-20/h5-13H,3-4H2,1-2H3,(H2,21,24). The zero-order valence-electron chi connectivity index (χ0n) is 14.4. The summed E-state index contributed by atoms with van der Waals surface area (Å²) in [4.78, 5) is 18.8. The average Bonchev–Trinajstić information content (AvgIpc) is 3.05. The van der Waals surface area contributed by atoms with E-state index in [9.17, 15) is 4.79 Å². The number of amides is 1. The van der Waals surface area contributed by atoms with E-state index in [0.717, 1.165) is 28.9 Å². The summed E-state index contributed by atoms with van der Waals surface area (Å²) in [7, 11) is 0. The van der Waals surface area contributed by atoms with Crippen LogP contribution in [0.25, 0.3) is 21.9 Å². The van der Waals surface area contributed by atoms with Crippen molar-refractivity contribution in [3.63, 3.8) is 0 Å². The van der Waals surface area contributed by atoms with Gasteiger partial charge in [0, 0.05) is 18.8 Å². The van der Waals surface area contributed by atoms with E-state index in [-0.39, 0.29) is 0 Å². The Kier molecular flexibility index (Phi) is 5.14. The molecule has 5 heteroatoms. The number of benzene rings is 2. The van der Waals surface area contributed by atoms with Gasteiger partial charge < -0.3 is 10.6 Å². The fraction of sp³-hybridized carbons (Fsp3) is 0.200. The number of para-hydroxylation sites is 1. The fourth-order valence-electron chi connectivity index (χ4n) is 2.76. The minimum Gasteiger partial charge on any atom is -0.372 e. The van der Waals surface area contributed by atoms with E-state index in [0.29, 0.717) is 10.6 Å². The normalized spacial score (nSPS) is 11.7. The molecule has 0 aliphatic carbocycles. The van der Waals surface area contributed by atoms with Crippen LogP contribution in [0.1, 0.15) is 24.4 Å². The third-order valence-corrected chi connectivity index (χ3v) is 5.19. The lowest BCUT2D eigenvalue weighted by Crippen LogP contribution is -2.21. The Morgan fingerprint density at radius 1 is 1.12 bits per heavy atom. The number of carbonyl (C=O) groups is 1. The van der Waals surface area contributed by atoms with E-state index < -0.39 is 5.91 Å². The van der Waals surface area contributed by atoms with Crippen LogP contribution in [-0.4, -0.2) is 24.0 Å². The Morgan fingerprint density at radius 2 is 1.80 bits per heavy atom. The second kappa shape index (κ2) is 7.49. The molecule has 0 radical (unpaired) electrons. The highest BCUT2D eigenvalue weighted by atomic mass is 32.1. The molecule has 3 rings (SSSR count). The molecule has 2 N–H and O–H groups in total. The molecule has 3 aromatic rings. The molecule has 2 aromatic carbocycles. The number of primary amides is 1. The minimum absolute atomic E-state index is 0.441. The summed E-state index contributed by atoms with van der Waals surface area (Å²) in [5.41, 5.74) is 9.04. The zero-order valence-corrected chi connectivity index (χ0v) is 15.2. The summed E-state index contributed by atoms with van der Waals surface area (Å²) >= 11 is 1.48. The van der Waals surface area contributed by atoms with Crippen LogP contribution < -0.4 is 10.6 Å². The average molecular weight is 351 g/mol. The van der Waals surface area contributed by atoms with Gasteiger partial charge in [-0.05, 0) is 49.8 Å². The maximum Gasteiger partial charge on any atom is 0.251 e. The predicted octanol–water partition coefficient (Wildman–Crippen LogP) is 4.17. The van der Waals surface area contributed by atoms with Gasteiger partial charge in [0.15, 0.2) is 0 Å². The summed E-state index contributed by atoms with van der Waals surface area (Å²) in [5, 5.41) is 0.654. The van der Waals surface area contributed by atoms with Gasteiger partial charge in [-0.15, -0.1) is 11.3 Å². The van der Waals surface area contributed by atoms with Crippen molar-refractivity contribution in [2.45, 2.75) is 13.8 Å². The third kappa shape index (κ3) is 3.72. The highest BCUT2D eigenvalue weighted by Crippen LogP contribution is 2.28. The highest BCUT2D eigenvalue weighted by Gasteiger charge is 2.14. The summed E-state index contributed by atoms with van der Waals surface area (Å²) in [6, 6.07) is 16.0. The van der Waals surface area contributed by atoms with Crippen molar-refractivity contribution in [2.24, 2.45) is 5.73 Å². The van der Waals surface area contributed by atoms with Crippen LogP contribution >= 0.6 is 11.3 Å². The Bertz CT molecular complexity index is 875. The molecule has 1 heterocycles. The number of rotatable bonds is 6. The Balaban J connectivity index is 1.96. The van der Waals surface area contributed by atoms with Crippen molar-refractivity contribution < 1.29 is 4.79 Å². The first-order valence-electron chi connectivity index (χ1n) is 8.34. The molecule has 0 aliphatic heterocycles. The van der Waals surface area contributed by atoms with E-state index in [2.05, 4.69) is 35.9 Å². The molecule has 25 heavy (non-hydrogen) atoms. The molecule has 0 saturated heterocycles. The molecule has 128 valence electrons. The maximum absolute atomic E-state index is 12.0. The molecule has 1 amide bonds. The number of nitrogens with two attached hydrogens (primary N) is 1. The van der Waals surface area contributed by atoms with Crippen molar-refractivity contribution in [3.8, 4) is 0 Å². The Labute approximate surface area is 151 Å². The van der Waals surface area contributed by atoms with E-state index in [1.54, 1.807) is 0 Å².